The summed E-state index contributed by atoms with van der Waals surface area (Å²) < 4.78 is 29.4. The smallest absolute Gasteiger partial charge is 0.264 e. The number of halogens is 1. The highest BCUT2D eigenvalue weighted by Gasteiger charge is 2.34. The van der Waals surface area contributed by atoms with Crippen molar-refractivity contribution in [3.05, 3.63) is 131 Å². The average Bonchev–Trinajstić information content (AvgIpc) is 3.07. The summed E-state index contributed by atoms with van der Waals surface area (Å²) in [5, 5.41) is 3.55. The van der Waals surface area contributed by atoms with Crippen molar-refractivity contribution in [3.63, 3.8) is 0 Å². The number of sulfonamides is 1. The van der Waals surface area contributed by atoms with E-state index in [9.17, 15) is 18.0 Å². The number of hydrogen-bond acceptors (Lipinski definition) is 4. The largest absolute Gasteiger partial charge is 0.354 e. The molecule has 0 aliphatic carbocycles. The zero-order valence-electron chi connectivity index (χ0n) is 26.6. The zero-order chi connectivity index (χ0) is 33.1. The Bertz CT molecular complexity index is 1660. The lowest BCUT2D eigenvalue weighted by Gasteiger charge is -2.34. The molecule has 0 bridgehead atoms. The zero-order valence-corrected chi connectivity index (χ0v) is 28.2. The first-order valence-corrected chi connectivity index (χ1v) is 17.4. The summed E-state index contributed by atoms with van der Waals surface area (Å²) in [4.78, 5) is 29.9. The predicted molar refractivity (Wildman–Crippen MR) is 185 cm³/mol. The number of nitrogens with zero attached hydrogens (tertiary/aromatic N) is 2. The number of hydrogen-bond donors (Lipinski definition) is 1. The molecular formula is C37H42ClN3O4S. The van der Waals surface area contributed by atoms with Crippen LogP contribution in [0.3, 0.4) is 0 Å². The lowest BCUT2D eigenvalue weighted by Crippen LogP contribution is -2.53. The highest BCUT2D eigenvalue weighted by atomic mass is 35.5. The van der Waals surface area contributed by atoms with E-state index >= 15 is 0 Å². The molecule has 0 fully saturated rings. The Kier molecular flexibility index (Phi) is 12.4. The van der Waals surface area contributed by atoms with Crippen LogP contribution in [-0.4, -0.2) is 44.3 Å². The van der Waals surface area contributed by atoms with E-state index in [0.29, 0.717) is 17.3 Å². The Morgan fingerprint density at radius 1 is 0.804 bits per heavy atom. The number of anilines is 1. The fraction of sp³-hybridized carbons (Fsp3) is 0.297. The van der Waals surface area contributed by atoms with Gasteiger partial charge in [-0.25, -0.2) is 8.42 Å². The van der Waals surface area contributed by atoms with Gasteiger partial charge in [0.05, 0.1) is 10.6 Å². The third-order valence-electron chi connectivity index (χ3n) is 7.82. The van der Waals surface area contributed by atoms with Gasteiger partial charge in [0.1, 0.15) is 12.6 Å². The molecule has 2 amide bonds. The minimum absolute atomic E-state index is 0.0677. The molecule has 9 heteroatoms. The number of carbonyl (C=O) groups excluding carboxylic acids is 2. The third kappa shape index (κ3) is 9.21. The predicted octanol–water partition coefficient (Wildman–Crippen LogP) is 7.22. The molecule has 242 valence electrons. The number of rotatable bonds is 15. The van der Waals surface area contributed by atoms with E-state index < -0.39 is 28.5 Å². The summed E-state index contributed by atoms with van der Waals surface area (Å²) in [7, 11) is -4.15. The maximum Gasteiger partial charge on any atom is 0.264 e. The van der Waals surface area contributed by atoms with Gasteiger partial charge in [0, 0.05) is 24.5 Å². The van der Waals surface area contributed by atoms with Gasteiger partial charge < -0.3 is 10.2 Å². The molecule has 1 atom stereocenters. The van der Waals surface area contributed by atoms with Gasteiger partial charge in [0.25, 0.3) is 10.0 Å². The number of amides is 2. The Hall–Kier alpha value is -4.14. The SMILES string of the molecule is CCCCNC(=O)[C@@H](Cc1ccccc1)N(Cc1ccc(Cl)cc1)C(=O)CN(c1ccc(C(C)C)cc1)S(=O)(=O)c1ccccc1. The first-order valence-electron chi connectivity index (χ1n) is 15.6. The lowest BCUT2D eigenvalue weighted by molar-refractivity contribution is -0.140. The molecule has 4 rings (SSSR count). The third-order valence-corrected chi connectivity index (χ3v) is 9.86. The van der Waals surface area contributed by atoms with Crippen LogP contribution < -0.4 is 9.62 Å². The molecule has 0 radical (unpaired) electrons. The summed E-state index contributed by atoms with van der Waals surface area (Å²) in [5.41, 5.74) is 3.05. The van der Waals surface area contributed by atoms with Crippen LogP contribution in [0.1, 0.15) is 56.2 Å². The van der Waals surface area contributed by atoms with Gasteiger partial charge in [-0.2, -0.15) is 0 Å². The van der Waals surface area contributed by atoms with Crippen LogP contribution in [0, 0.1) is 0 Å². The van der Waals surface area contributed by atoms with E-state index in [-0.39, 0.29) is 29.7 Å². The Balaban J connectivity index is 1.78. The first kappa shape index (κ1) is 34.7. The van der Waals surface area contributed by atoms with Gasteiger partial charge >= 0.3 is 0 Å². The van der Waals surface area contributed by atoms with E-state index in [1.807, 2.05) is 49.4 Å². The molecule has 4 aromatic carbocycles. The molecule has 1 N–H and O–H groups in total. The van der Waals surface area contributed by atoms with Crippen molar-refractivity contribution in [2.45, 2.75) is 63.4 Å². The highest BCUT2D eigenvalue weighted by Crippen LogP contribution is 2.27. The number of carbonyl (C=O) groups is 2. The van der Waals surface area contributed by atoms with Gasteiger partial charge in [-0.15, -0.1) is 0 Å². The minimum atomic E-state index is -4.15. The van der Waals surface area contributed by atoms with Gasteiger partial charge in [-0.1, -0.05) is 112 Å². The number of nitrogens with one attached hydrogen (secondary N) is 1. The molecule has 0 heterocycles. The molecular weight excluding hydrogens is 618 g/mol. The van der Waals surface area contributed by atoms with Gasteiger partial charge in [0.2, 0.25) is 11.8 Å². The van der Waals surface area contributed by atoms with Crippen LogP contribution in [0.4, 0.5) is 5.69 Å². The quantitative estimate of drug-likeness (QED) is 0.137. The summed E-state index contributed by atoms with van der Waals surface area (Å²) in [5.74, 6) is -0.554. The Morgan fingerprint density at radius 2 is 1.41 bits per heavy atom. The average molecular weight is 660 g/mol. The molecule has 7 nitrogen and oxygen atoms in total. The van der Waals surface area contributed by atoms with E-state index in [1.54, 1.807) is 54.6 Å². The van der Waals surface area contributed by atoms with Crippen molar-refractivity contribution in [3.8, 4) is 0 Å². The minimum Gasteiger partial charge on any atom is -0.354 e. The fourth-order valence-electron chi connectivity index (χ4n) is 5.12. The van der Waals surface area contributed by atoms with Crippen molar-refractivity contribution >= 4 is 39.1 Å². The van der Waals surface area contributed by atoms with Crippen LogP contribution in [0.2, 0.25) is 5.02 Å². The molecule has 0 spiro atoms. The molecule has 0 saturated heterocycles. The van der Waals surface area contributed by atoms with Crippen LogP contribution >= 0.6 is 11.6 Å². The molecule has 46 heavy (non-hydrogen) atoms. The summed E-state index contributed by atoms with van der Waals surface area (Å²) in [6, 6.07) is 31.0. The molecule has 4 aromatic rings. The van der Waals surface area contributed by atoms with Crippen molar-refractivity contribution in [2.75, 3.05) is 17.4 Å². The summed E-state index contributed by atoms with van der Waals surface area (Å²) >= 11 is 6.16. The molecule has 0 unspecified atom stereocenters. The van der Waals surface area contributed by atoms with Crippen LogP contribution in [0.15, 0.2) is 114 Å². The monoisotopic (exact) mass is 659 g/mol. The fourth-order valence-corrected chi connectivity index (χ4v) is 6.68. The van der Waals surface area contributed by atoms with Crippen LogP contribution in [-0.2, 0) is 32.6 Å². The Morgan fingerprint density at radius 3 is 2.00 bits per heavy atom. The van der Waals surface area contributed by atoms with Crippen molar-refractivity contribution in [1.82, 2.24) is 10.2 Å². The van der Waals surface area contributed by atoms with Crippen LogP contribution in [0.5, 0.6) is 0 Å². The van der Waals surface area contributed by atoms with E-state index in [1.165, 1.54) is 17.0 Å². The maximum absolute atomic E-state index is 14.5. The van der Waals surface area contributed by atoms with E-state index in [4.69, 9.17) is 11.6 Å². The molecule has 0 saturated carbocycles. The van der Waals surface area contributed by atoms with Crippen molar-refractivity contribution in [1.29, 1.82) is 0 Å². The van der Waals surface area contributed by atoms with Crippen LogP contribution in [0.25, 0.3) is 0 Å². The second-order valence-electron chi connectivity index (χ2n) is 11.6. The molecule has 0 aliphatic heterocycles. The number of benzene rings is 4. The summed E-state index contributed by atoms with van der Waals surface area (Å²) in [6.07, 6.45) is 1.95. The maximum atomic E-state index is 14.5. The molecule has 0 aromatic heterocycles. The standard InChI is InChI=1S/C37H42ClN3O4S/c1-4-5-24-39-37(43)35(25-29-12-8-6-9-13-29)40(26-30-16-20-32(38)21-17-30)36(42)27-41(33-22-18-31(19-23-33)28(2)3)46(44,45)34-14-10-7-11-15-34/h6-23,28,35H,4-5,24-27H2,1-3H3,(H,39,43)/t35-/m1/s1. The highest BCUT2D eigenvalue weighted by molar-refractivity contribution is 7.92. The second kappa shape index (κ2) is 16.4. The van der Waals surface area contributed by atoms with Gasteiger partial charge in [-0.05, 0) is 65.4 Å². The van der Waals surface area contributed by atoms with Gasteiger partial charge in [0.15, 0.2) is 0 Å². The second-order valence-corrected chi connectivity index (χ2v) is 13.9. The topological polar surface area (TPSA) is 86.8 Å². The summed E-state index contributed by atoms with van der Waals surface area (Å²) in [6.45, 7) is 6.22. The molecule has 0 aliphatic rings. The first-order chi connectivity index (χ1) is 22.1. The van der Waals surface area contributed by atoms with Crippen molar-refractivity contribution in [2.24, 2.45) is 0 Å². The van der Waals surface area contributed by atoms with Gasteiger partial charge in [-0.3, -0.25) is 13.9 Å². The number of unbranched alkanes of at least 4 members (excludes halogenated alkanes) is 1. The van der Waals surface area contributed by atoms with Crippen molar-refractivity contribution < 1.29 is 18.0 Å². The Labute approximate surface area is 278 Å². The lowest BCUT2D eigenvalue weighted by atomic mass is 10.0. The van der Waals surface area contributed by atoms with E-state index in [2.05, 4.69) is 19.2 Å². The normalized spacial score (nSPS) is 12.0. The van der Waals surface area contributed by atoms with E-state index in [0.717, 1.165) is 33.8 Å².